The number of para-hydroxylation sites is 1. The van der Waals surface area contributed by atoms with Crippen molar-refractivity contribution >= 4 is 29.5 Å². The molecule has 36 heavy (non-hydrogen) atoms. The summed E-state index contributed by atoms with van der Waals surface area (Å²) in [5.41, 5.74) is 0.463. The van der Waals surface area contributed by atoms with Gasteiger partial charge in [-0.2, -0.15) is 0 Å². The number of rotatable bonds is 8. The Kier molecular flexibility index (Phi) is 7.35. The van der Waals surface area contributed by atoms with E-state index in [9.17, 15) is 14.4 Å². The van der Waals surface area contributed by atoms with Gasteiger partial charge in [-0.3, -0.25) is 9.59 Å². The van der Waals surface area contributed by atoms with Crippen molar-refractivity contribution in [1.82, 2.24) is 19.8 Å². The van der Waals surface area contributed by atoms with Gasteiger partial charge in [-0.15, -0.1) is 11.8 Å². The highest BCUT2D eigenvalue weighted by Crippen LogP contribution is 2.31. The summed E-state index contributed by atoms with van der Waals surface area (Å²) in [5.74, 6) is -0.844. The fraction of sp³-hybridized carbons (Fsp3) is 0.308. The minimum absolute atomic E-state index is 0.0679. The average Bonchev–Trinajstić information content (AvgIpc) is 3.33. The van der Waals surface area contributed by atoms with Gasteiger partial charge < -0.3 is 24.3 Å². The Balaban J connectivity index is 1.69. The van der Waals surface area contributed by atoms with E-state index in [2.05, 4.69) is 10.3 Å². The highest BCUT2D eigenvalue weighted by Gasteiger charge is 2.49. The molecule has 2 heterocycles. The van der Waals surface area contributed by atoms with Crippen LogP contribution >= 0.6 is 11.8 Å². The number of nitrogens with zero attached hydrogens (tertiary/aromatic N) is 3. The van der Waals surface area contributed by atoms with E-state index in [1.807, 2.05) is 54.8 Å². The second-order valence-corrected chi connectivity index (χ2v) is 9.45. The summed E-state index contributed by atoms with van der Waals surface area (Å²) in [4.78, 5) is 46.5. The molecule has 3 aromatic rings. The van der Waals surface area contributed by atoms with Crippen molar-refractivity contribution < 1.29 is 23.9 Å². The number of fused-ring (bicyclic) bond motifs is 1. The van der Waals surface area contributed by atoms with Crippen molar-refractivity contribution in [3.63, 3.8) is 0 Å². The zero-order valence-electron chi connectivity index (χ0n) is 20.6. The second kappa shape index (κ2) is 10.4. The van der Waals surface area contributed by atoms with Crippen LogP contribution in [0.15, 0.2) is 59.8 Å². The van der Waals surface area contributed by atoms with E-state index in [4.69, 9.17) is 9.47 Å². The maximum absolute atomic E-state index is 13.8. The van der Waals surface area contributed by atoms with Crippen LogP contribution in [0.25, 0.3) is 0 Å². The predicted octanol–water partition coefficient (Wildman–Crippen LogP) is 3.13. The average molecular weight is 509 g/mol. The van der Waals surface area contributed by atoms with E-state index in [1.165, 1.54) is 18.3 Å². The molecule has 0 spiro atoms. The lowest BCUT2D eigenvalue weighted by Gasteiger charge is -2.43. The summed E-state index contributed by atoms with van der Waals surface area (Å²) in [6.45, 7) is 2.25. The van der Waals surface area contributed by atoms with E-state index < -0.39 is 17.4 Å². The summed E-state index contributed by atoms with van der Waals surface area (Å²) in [5, 5.41) is 2.97. The van der Waals surface area contributed by atoms with Crippen LogP contribution in [0.5, 0.6) is 5.75 Å². The van der Waals surface area contributed by atoms with Gasteiger partial charge in [-0.05, 0) is 36.9 Å². The van der Waals surface area contributed by atoms with Crippen LogP contribution in [0.2, 0.25) is 0 Å². The van der Waals surface area contributed by atoms with Gasteiger partial charge in [0, 0.05) is 23.5 Å². The minimum atomic E-state index is -1.25. The van der Waals surface area contributed by atoms with Crippen molar-refractivity contribution in [3.05, 3.63) is 77.4 Å². The van der Waals surface area contributed by atoms with Crippen LogP contribution < -0.4 is 10.1 Å². The highest BCUT2D eigenvalue weighted by molar-refractivity contribution is 7.98. The smallest absolute Gasteiger partial charge is 0.359 e. The third kappa shape index (κ3) is 4.68. The first-order chi connectivity index (χ1) is 17.3. The zero-order valence-corrected chi connectivity index (χ0v) is 21.4. The largest absolute Gasteiger partial charge is 0.496 e. The van der Waals surface area contributed by atoms with Crippen LogP contribution in [-0.4, -0.2) is 58.2 Å². The number of benzene rings is 2. The van der Waals surface area contributed by atoms with E-state index in [0.29, 0.717) is 5.75 Å². The second-order valence-electron chi connectivity index (χ2n) is 8.57. The number of carbonyl (C=O) groups is 3. The van der Waals surface area contributed by atoms with E-state index in [1.54, 1.807) is 30.4 Å². The number of imidazole rings is 1. The van der Waals surface area contributed by atoms with Crippen LogP contribution in [0.4, 0.5) is 0 Å². The quantitative estimate of drug-likeness (QED) is 0.368. The first-order valence-corrected chi connectivity index (χ1v) is 12.5. The monoisotopic (exact) mass is 508 g/mol. The minimum Gasteiger partial charge on any atom is -0.496 e. The Labute approximate surface area is 213 Å². The number of esters is 1. The van der Waals surface area contributed by atoms with Crippen LogP contribution in [0, 0.1) is 0 Å². The van der Waals surface area contributed by atoms with Gasteiger partial charge in [0.2, 0.25) is 5.91 Å². The Morgan fingerprint density at radius 3 is 2.53 bits per heavy atom. The number of amides is 2. The van der Waals surface area contributed by atoms with Crippen LogP contribution in [0.1, 0.15) is 39.0 Å². The number of aromatic nitrogens is 2. The van der Waals surface area contributed by atoms with Crippen LogP contribution in [0.3, 0.4) is 0 Å². The molecule has 0 bridgehead atoms. The van der Waals surface area contributed by atoms with Gasteiger partial charge in [0.15, 0.2) is 5.69 Å². The lowest BCUT2D eigenvalue weighted by atomic mass is 9.93. The van der Waals surface area contributed by atoms with Crippen molar-refractivity contribution in [2.24, 2.45) is 0 Å². The number of thioether (sulfide) groups is 1. The third-order valence-electron chi connectivity index (χ3n) is 6.36. The van der Waals surface area contributed by atoms with Gasteiger partial charge in [-0.25, -0.2) is 9.78 Å². The fourth-order valence-corrected chi connectivity index (χ4v) is 4.72. The van der Waals surface area contributed by atoms with Crippen LogP contribution in [-0.2, 0) is 29.2 Å². The molecule has 1 N–H and O–H groups in total. The topological polar surface area (TPSA) is 103 Å². The summed E-state index contributed by atoms with van der Waals surface area (Å²) in [7, 11) is 2.81. The van der Waals surface area contributed by atoms with Crippen molar-refractivity contribution in [2.45, 2.75) is 37.0 Å². The molecule has 1 atom stereocenters. The molecule has 0 fully saturated rings. The molecule has 0 unspecified atom stereocenters. The zero-order chi connectivity index (χ0) is 25.9. The molecule has 1 aliphatic heterocycles. The highest BCUT2D eigenvalue weighted by atomic mass is 32.2. The van der Waals surface area contributed by atoms with E-state index >= 15 is 0 Å². The molecule has 2 amide bonds. The number of carbonyl (C=O) groups excluding carboxylic acids is 3. The number of methoxy groups -OCH3 is 2. The van der Waals surface area contributed by atoms with Crippen molar-refractivity contribution in [3.8, 4) is 5.75 Å². The van der Waals surface area contributed by atoms with Gasteiger partial charge in [0.25, 0.3) is 5.91 Å². The first kappa shape index (κ1) is 25.3. The Bertz CT molecular complexity index is 1290. The molecule has 1 aromatic heterocycles. The molecular formula is C26H28N4O5S. The number of nitrogens with one attached hydrogen (secondary N) is 1. The lowest BCUT2D eigenvalue weighted by molar-refractivity contribution is -0.133. The van der Waals surface area contributed by atoms with Gasteiger partial charge in [-0.1, -0.05) is 30.3 Å². The molecule has 1 aliphatic rings. The summed E-state index contributed by atoms with van der Waals surface area (Å²) in [6.07, 6.45) is 3.39. The maximum atomic E-state index is 13.8. The Morgan fingerprint density at radius 2 is 1.86 bits per heavy atom. The SMILES string of the molecule is COC(=O)c1ncn2c1C(=O)N(Cc1ccc(SC)cc1)[C@](C)(C(=O)NCc1ccccc1OC)C2. The molecule has 0 aliphatic carbocycles. The van der Waals surface area contributed by atoms with E-state index in [-0.39, 0.29) is 36.9 Å². The number of hydrogen-bond donors (Lipinski definition) is 1. The molecule has 188 valence electrons. The summed E-state index contributed by atoms with van der Waals surface area (Å²) >= 11 is 1.62. The van der Waals surface area contributed by atoms with Crippen molar-refractivity contribution in [2.75, 3.05) is 20.5 Å². The molecule has 9 nitrogen and oxygen atoms in total. The molecular weight excluding hydrogens is 480 g/mol. The Hall–Kier alpha value is -3.79. The summed E-state index contributed by atoms with van der Waals surface area (Å²) < 4.78 is 11.8. The fourth-order valence-electron chi connectivity index (χ4n) is 4.31. The molecule has 0 saturated carbocycles. The molecule has 10 heteroatoms. The summed E-state index contributed by atoms with van der Waals surface area (Å²) in [6, 6.07) is 15.2. The Morgan fingerprint density at radius 1 is 1.14 bits per heavy atom. The molecule has 0 radical (unpaired) electrons. The normalized spacial score (nSPS) is 16.9. The lowest BCUT2D eigenvalue weighted by Crippen LogP contribution is -2.63. The molecule has 2 aromatic carbocycles. The molecule has 0 saturated heterocycles. The third-order valence-corrected chi connectivity index (χ3v) is 7.10. The van der Waals surface area contributed by atoms with Gasteiger partial charge >= 0.3 is 5.97 Å². The predicted molar refractivity (Wildman–Crippen MR) is 135 cm³/mol. The molecule has 4 rings (SSSR count). The first-order valence-electron chi connectivity index (χ1n) is 11.3. The number of hydrogen-bond acceptors (Lipinski definition) is 7. The maximum Gasteiger partial charge on any atom is 0.359 e. The number of ether oxygens (including phenoxy) is 2. The van der Waals surface area contributed by atoms with E-state index in [0.717, 1.165) is 16.0 Å². The van der Waals surface area contributed by atoms with Gasteiger partial charge in [0.1, 0.15) is 17.0 Å². The standard InChI is InChI=1S/C26H28N4O5S/c1-26(25(33)27-13-18-7-5-6-8-20(18)34-2)15-29-16-28-21(24(32)35-3)22(29)23(31)30(26)14-17-9-11-19(36-4)12-10-17/h5-12,16H,13-15H2,1-4H3,(H,27,33)/t26-/m0/s1. The van der Waals surface area contributed by atoms with Crippen molar-refractivity contribution in [1.29, 1.82) is 0 Å². The van der Waals surface area contributed by atoms with Gasteiger partial charge in [0.05, 0.1) is 27.1 Å².